The van der Waals surface area contributed by atoms with Crippen LogP contribution in [0.2, 0.25) is 0 Å². The van der Waals surface area contributed by atoms with Gasteiger partial charge in [-0.25, -0.2) is 4.99 Å². The highest BCUT2D eigenvalue weighted by Gasteiger charge is 2.19. The SMILES string of the molecule is CCC1C=C(c2ccc(OC)c(C(N)=O)c2)C(C)=CN=C1Nc1cc(C)cc(C)c1. The van der Waals surface area contributed by atoms with Gasteiger partial charge in [-0.15, -0.1) is 0 Å². The van der Waals surface area contributed by atoms with E-state index in [0.29, 0.717) is 11.3 Å². The third-order valence-corrected chi connectivity index (χ3v) is 5.25. The van der Waals surface area contributed by atoms with Gasteiger partial charge in [0.2, 0.25) is 0 Å². The molecule has 30 heavy (non-hydrogen) atoms. The lowest BCUT2D eigenvalue weighted by Crippen LogP contribution is -2.21. The van der Waals surface area contributed by atoms with Gasteiger partial charge in [0.1, 0.15) is 11.6 Å². The Morgan fingerprint density at radius 2 is 1.83 bits per heavy atom. The number of hydrogen-bond donors (Lipinski definition) is 2. The van der Waals surface area contributed by atoms with Crippen LogP contribution in [0.4, 0.5) is 5.69 Å². The van der Waals surface area contributed by atoms with E-state index in [4.69, 9.17) is 15.5 Å². The van der Waals surface area contributed by atoms with E-state index in [0.717, 1.165) is 34.7 Å². The second kappa shape index (κ2) is 8.99. The van der Waals surface area contributed by atoms with Gasteiger partial charge in [-0.3, -0.25) is 4.79 Å². The number of primary amides is 1. The molecule has 1 unspecified atom stereocenters. The fourth-order valence-corrected chi connectivity index (χ4v) is 3.77. The van der Waals surface area contributed by atoms with Crippen LogP contribution in [0.5, 0.6) is 5.75 Å². The first kappa shape index (κ1) is 21.4. The van der Waals surface area contributed by atoms with Crippen molar-refractivity contribution in [3.05, 3.63) is 76.5 Å². The number of carbonyl (C=O) groups excluding carboxylic acids is 1. The Morgan fingerprint density at radius 3 is 2.43 bits per heavy atom. The predicted octanol–water partition coefficient (Wildman–Crippen LogP) is 5.25. The molecule has 156 valence electrons. The van der Waals surface area contributed by atoms with Crippen LogP contribution < -0.4 is 15.8 Å². The lowest BCUT2D eigenvalue weighted by Gasteiger charge is -2.17. The Labute approximate surface area is 178 Å². The number of ether oxygens (including phenoxy) is 1. The number of aryl methyl sites for hydroxylation is 2. The smallest absolute Gasteiger partial charge is 0.252 e. The first-order chi connectivity index (χ1) is 14.3. The number of allylic oxidation sites excluding steroid dienone is 2. The Balaban J connectivity index is 1.99. The number of anilines is 1. The molecule has 1 heterocycles. The third-order valence-electron chi connectivity index (χ3n) is 5.25. The fourth-order valence-electron chi connectivity index (χ4n) is 3.77. The van der Waals surface area contributed by atoms with Crippen molar-refractivity contribution in [3.63, 3.8) is 0 Å². The van der Waals surface area contributed by atoms with E-state index in [-0.39, 0.29) is 5.92 Å². The summed E-state index contributed by atoms with van der Waals surface area (Å²) in [6, 6.07) is 11.9. The molecule has 0 saturated heterocycles. The molecule has 3 rings (SSSR count). The molecular weight excluding hydrogens is 374 g/mol. The van der Waals surface area contributed by atoms with E-state index in [9.17, 15) is 4.79 Å². The van der Waals surface area contributed by atoms with Crippen LogP contribution in [-0.4, -0.2) is 18.9 Å². The Morgan fingerprint density at radius 1 is 1.13 bits per heavy atom. The minimum absolute atomic E-state index is 0.105. The second-order valence-electron chi connectivity index (χ2n) is 7.70. The van der Waals surface area contributed by atoms with E-state index in [2.05, 4.69) is 50.4 Å². The highest BCUT2D eigenvalue weighted by atomic mass is 16.5. The maximum Gasteiger partial charge on any atom is 0.252 e. The van der Waals surface area contributed by atoms with Crippen LogP contribution in [-0.2, 0) is 0 Å². The summed E-state index contributed by atoms with van der Waals surface area (Å²) in [6.07, 6.45) is 4.97. The van der Waals surface area contributed by atoms with Crippen LogP contribution in [0.1, 0.15) is 47.3 Å². The minimum Gasteiger partial charge on any atom is -0.496 e. The first-order valence-corrected chi connectivity index (χ1v) is 10.1. The van der Waals surface area contributed by atoms with Crippen molar-refractivity contribution in [2.75, 3.05) is 12.4 Å². The zero-order chi connectivity index (χ0) is 21.8. The number of amides is 1. The van der Waals surface area contributed by atoms with Gasteiger partial charge in [-0.2, -0.15) is 0 Å². The largest absolute Gasteiger partial charge is 0.496 e. The Hall–Kier alpha value is -3.34. The number of nitrogens with zero attached hydrogens (tertiary/aromatic N) is 1. The molecule has 0 spiro atoms. The Bertz CT molecular complexity index is 1040. The van der Waals surface area contributed by atoms with Gasteiger partial charge in [-0.1, -0.05) is 25.1 Å². The third kappa shape index (κ3) is 4.62. The van der Waals surface area contributed by atoms with E-state index in [1.54, 1.807) is 12.1 Å². The highest BCUT2D eigenvalue weighted by Crippen LogP contribution is 2.32. The van der Waals surface area contributed by atoms with E-state index >= 15 is 0 Å². The first-order valence-electron chi connectivity index (χ1n) is 10.1. The van der Waals surface area contributed by atoms with Crippen molar-refractivity contribution in [1.82, 2.24) is 0 Å². The van der Waals surface area contributed by atoms with Gasteiger partial charge in [0.15, 0.2) is 0 Å². The molecule has 1 amide bonds. The zero-order valence-electron chi connectivity index (χ0n) is 18.2. The lowest BCUT2D eigenvalue weighted by atomic mass is 9.92. The molecular formula is C25H29N3O2. The summed E-state index contributed by atoms with van der Waals surface area (Å²) in [6.45, 7) is 8.34. The van der Waals surface area contributed by atoms with Crippen LogP contribution in [0.3, 0.4) is 0 Å². The molecule has 3 N–H and O–H groups in total. The summed E-state index contributed by atoms with van der Waals surface area (Å²) in [4.78, 5) is 16.6. The summed E-state index contributed by atoms with van der Waals surface area (Å²) < 4.78 is 5.28. The van der Waals surface area contributed by atoms with Gasteiger partial charge in [0.25, 0.3) is 5.91 Å². The number of amidine groups is 1. The monoisotopic (exact) mass is 403 g/mol. The summed E-state index contributed by atoms with van der Waals surface area (Å²) >= 11 is 0. The number of nitrogens with one attached hydrogen (secondary N) is 1. The van der Waals surface area contributed by atoms with Crippen LogP contribution >= 0.6 is 0 Å². The zero-order valence-corrected chi connectivity index (χ0v) is 18.2. The number of benzene rings is 2. The summed E-state index contributed by atoms with van der Waals surface area (Å²) in [7, 11) is 1.53. The van der Waals surface area contributed by atoms with Gasteiger partial charge in [-0.05, 0) is 79.3 Å². The average Bonchev–Trinajstić information content (AvgIpc) is 2.85. The van der Waals surface area contributed by atoms with Gasteiger partial charge >= 0.3 is 0 Å². The number of rotatable bonds is 5. The van der Waals surface area contributed by atoms with E-state index in [1.165, 1.54) is 18.2 Å². The number of aliphatic imine (C=N–C) groups is 1. The average molecular weight is 404 g/mol. The van der Waals surface area contributed by atoms with Crippen LogP contribution in [0, 0.1) is 19.8 Å². The molecule has 0 saturated carbocycles. The topological polar surface area (TPSA) is 76.7 Å². The molecule has 2 aromatic rings. The number of methoxy groups -OCH3 is 1. The molecule has 1 aliphatic heterocycles. The van der Waals surface area contributed by atoms with Crippen LogP contribution in [0.15, 0.2) is 59.2 Å². The standard InChI is InChI=1S/C25H29N3O2/c1-6-18-12-21(19-7-8-23(30-5)22(13-19)24(26)29)17(4)14-27-25(18)28-20-10-15(2)9-16(3)11-20/h7-14,18H,6H2,1-5H3,(H2,26,29)(H,27,28). The minimum atomic E-state index is -0.509. The molecule has 1 atom stereocenters. The molecule has 0 fully saturated rings. The van der Waals surface area contributed by atoms with Crippen molar-refractivity contribution in [2.45, 2.75) is 34.1 Å². The van der Waals surface area contributed by atoms with E-state index < -0.39 is 5.91 Å². The quantitative estimate of drug-likeness (QED) is 0.716. The summed E-state index contributed by atoms with van der Waals surface area (Å²) in [5.41, 5.74) is 12.3. The molecule has 0 radical (unpaired) electrons. The Kier molecular flexibility index (Phi) is 6.40. The molecule has 0 aliphatic carbocycles. The van der Waals surface area contributed by atoms with E-state index in [1.807, 2.05) is 19.2 Å². The van der Waals surface area contributed by atoms with Crippen molar-refractivity contribution in [2.24, 2.45) is 16.6 Å². The maximum absolute atomic E-state index is 11.9. The number of nitrogens with two attached hydrogens (primary N) is 1. The second-order valence-corrected chi connectivity index (χ2v) is 7.70. The molecule has 0 bridgehead atoms. The highest BCUT2D eigenvalue weighted by molar-refractivity contribution is 6.02. The van der Waals surface area contributed by atoms with Crippen molar-refractivity contribution >= 4 is 23.0 Å². The van der Waals surface area contributed by atoms with Gasteiger partial charge in [0.05, 0.1) is 12.7 Å². The van der Waals surface area contributed by atoms with Crippen LogP contribution in [0.25, 0.3) is 5.57 Å². The normalized spacial score (nSPS) is 16.2. The summed E-state index contributed by atoms with van der Waals surface area (Å²) in [5, 5.41) is 3.51. The van der Waals surface area contributed by atoms with Gasteiger partial charge in [0, 0.05) is 17.8 Å². The fraction of sp³-hybridized carbons (Fsp3) is 0.280. The number of carbonyl (C=O) groups is 1. The predicted molar refractivity (Wildman–Crippen MR) is 124 cm³/mol. The van der Waals surface area contributed by atoms with Crippen molar-refractivity contribution < 1.29 is 9.53 Å². The van der Waals surface area contributed by atoms with Crippen molar-refractivity contribution in [3.8, 4) is 5.75 Å². The van der Waals surface area contributed by atoms with Gasteiger partial charge < -0.3 is 15.8 Å². The maximum atomic E-state index is 11.9. The molecule has 5 heteroatoms. The molecule has 1 aliphatic rings. The molecule has 5 nitrogen and oxygen atoms in total. The lowest BCUT2D eigenvalue weighted by molar-refractivity contribution is 0.0997. The molecule has 0 aromatic heterocycles. The summed E-state index contributed by atoms with van der Waals surface area (Å²) in [5.74, 6) is 0.974. The van der Waals surface area contributed by atoms with Crippen molar-refractivity contribution in [1.29, 1.82) is 0 Å². The number of hydrogen-bond acceptors (Lipinski definition) is 4. The molecule has 2 aromatic carbocycles.